The Labute approximate surface area is 97.6 Å². The summed E-state index contributed by atoms with van der Waals surface area (Å²) >= 11 is 0. The van der Waals surface area contributed by atoms with Gasteiger partial charge in [-0.3, -0.25) is 0 Å². The minimum atomic E-state index is -4.64. The van der Waals surface area contributed by atoms with Crippen molar-refractivity contribution in [1.29, 1.82) is 0 Å². The van der Waals surface area contributed by atoms with E-state index in [1.54, 1.807) is 12.1 Å². The van der Waals surface area contributed by atoms with Gasteiger partial charge in [0.1, 0.15) is 5.75 Å². The number of nitrogens with two attached hydrogens (primary N) is 1. The summed E-state index contributed by atoms with van der Waals surface area (Å²) < 4.78 is 39.7. The number of hydrogen-bond acceptors (Lipinski definition) is 2. The molecular formula is C12H14F3NO. The first-order valence-electron chi connectivity index (χ1n) is 5.33. The molecule has 0 aliphatic heterocycles. The smallest absolute Gasteiger partial charge is 0.406 e. The summed E-state index contributed by atoms with van der Waals surface area (Å²) in [4.78, 5) is 0. The third-order valence-corrected chi connectivity index (χ3v) is 3.38. The van der Waals surface area contributed by atoms with Gasteiger partial charge in [0.25, 0.3) is 0 Å². The Morgan fingerprint density at radius 1 is 1.18 bits per heavy atom. The van der Waals surface area contributed by atoms with Crippen LogP contribution in [0.1, 0.15) is 25.3 Å². The Balaban J connectivity index is 2.10. The van der Waals surface area contributed by atoms with Crippen LogP contribution in [0.2, 0.25) is 0 Å². The highest BCUT2D eigenvalue weighted by molar-refractivity contribution is 5.37. The Bertz CT molecular complexity index is 411. The molecule has 5 heteroatoms. The number of alkyl halides is 3. The van der Waals surface area contributed by atoms with E-state index in [2.05, 4.69) is 4.74 Å². The number of halogens is 3. The van der Waals surface area contributed by atoms with Gasteiger partial charge in [-0.2, -0.15) is 0 Å². The molecule has 0 aromatic heterocycles. The van der Waals surface area contributed by atoms with Gasteiger partial charge in [-0.1, -0.05) is 26.0 Å². The van der Waals surface area contributed by atoms with Gasteiger partial charge in [-0.05, 0) is 23.1 Å². The molecule has 0 amide bonds. The molecule has 0 spiro atoms. The predicted octanol–water partition coefficient (Wildman–Crippen LogP) is 3.04. The van der Waals surface area contributed by atoms with Crippen LogP contribution in [0.15, 0.2) is 24.3 Å². The van der Waals surface area contributed by atoms with Gasteiger partial charge in [-0.25, -0.2) is 0 Å². The molecule has 2 rings (SSSR count). The van der Waals surface area contributed by atoms with Crippen molar-refractivity contribution in [2.75, 3.05) is 0 Å². The van der Waals surface area contributed by atoms with Crippen molar-refractivity contribution in [1.82, 2.24) is 0 Å². The van der Waals surface area contributed by atoms with E-state index >= 15 is 0 Å². The molecule has 2 N–H and O–H groups in total. The van der Waals surface area contributed by atoms with Crippen LogP contribution in [0.5, 0.6) is 5.75 Å². The molecule has 94 valence electrons. The van der Waals surface area contributed by atoms with Gasteiger partial charge in [-0.15, -0.1) is 13.2 Å². The molecule has 2 unspecified atom stereocenters. The summed E-state index contributed by atoms with van der Waals surface area (Å²) in [5.41, 5.74) is 6.88. The fraction of sp³-hybridized carbons (Fsp3) is 0.500. The summed E-state index contributed by atoms with van der Waals surface area (Å²) in [6.07, 6.45) is -4.64. The van der Waals surface area contributed by atoms with Crippen molar-refractivity contribution in [2.24, 2.45) is 11.1 Å². The van der Waals surface area contributed by atoms with Crippen LogP contribution in [0.25, 0.3) is 0 Å². The van der Waals surface area contributed by atoms with E-state index in [9.17, 15) is 13.2 Å². The summed E-state index contributed by atoms with van der Waals surface area (Å²) in [6.45, 7) is 4.09. The Morgan fingerprint density at radius 2 is 1.65 bits per heavy atom. The molecule has 1 aromatic carbocycles. The second-order valence-corrected chi connectivity index (χ2v) is 4.94. The molecule has 1 aromatic rings. The van der Waals surface area contributed by atoms with E-state index in [4.69, 9.17) is 5.73 Å². The van der Waals surface area contributed by atoms with Crippen molar-refractivity contribution >= 4 is 0 Å². The Kier molecular flexibility index (Phi) is 2.61. The van der Waals surface area contributed by atoms with Gasteiger partial charge in [0.15, 0.2) is 0 Å². The summed E-state index contributed by atoms with van der Waals surface area (Å²) in [5.74, 6) is 0.00992. The molecule has 0 radical (unpaired) electrons. The van der Waals surface area contributed by atoms with Gasteiger partial charge < -0.3 is 10.5 Å². The quantitative estimate of drug-likeness (QED) is 0.869. The Hall–Kier alpha value is -1.23. The third kappa shape index (κ3) is 2.39. The first-order chi connectivity index (χ1) is 7.72. The van der Waals surface area contributed by atoms with Gasteiger partial charge in [0.05, 0.1) is 0 Å². The first-order valence-corrected chi connectivity index (χ1v) is 5.33. The molecule has 0 saturated heterocycles. The number of ether oxygens (including phenoxy) is 1. The van der Waals surface area contributed by atoms with E-state index in [0.717, 1.165) is 5.56 Å². The maximum absolute atomic E-state index is 12.0. The Morgan fingerprint density at radius 3 is 2.00 bits per heavy atom. The van der Waals surface area contributed by atoms with E-state index in [-0.39, 0.29) is 23.1 Å². The SMILES string of the molecule is CC1(C)C(N)C1c1ccc(OC(F)(F)F)cc1. The summed E-state index contributed by atoms with van der Waals surface area (Å²) in [5, 5.41) is 0. The molecule has 0 heterocycles. The standard InChI is InChI=1S/C12H14F3NO/c1-11(2)9(10(11)16)7-3-5-8(6-4-7)17-12(13,14)15/h3-6,9-10H,16H2,1-2H3. The van der Waals surface area contributed by atoms with Gasteiger partial charge >= 0.3 is 6.36 Å². The molecule has 2 nitrogen and oxygen atoms in total. The lowest BCUT2D eigenvalue weighted by atomic mass is 10.0. The molecular weight excluding hydrogens is 231 g/mol. The van der Waals surface area contributed by atoms with Crippen molar-refractivity contribution in [3.8, 4) is 5.75 Å². The number of benzene rings is 1. The van der Waals surface area contributed by atoms with Crippen molar-refractivity contribution in [3.63, 3.8) is 0 Å². The molecule has 1 fully saturated rings. The highest BCUT2D eigenvalue weighted by Gasteiger charge is 2.56. The van der Waals surface area contributed by atoms with E-state index in [1.807, 2.05) is 13.8 Å². The summed E-state index contributed by atoms with van der Waals surface area (Å²) in [7, 11) is 0. The zero-order valence-electron chi connectivity index (χ0n) is 9.58. The highest BCUT2D eigenvalue weighted by Crippen LogP contribution is 2.57. The van der Waals surface area contributed by atoms with Crippen LogP contribution >= 0.6 is 0 Å². The van der Waals surface area contributed by atoms with Crippen LogP contribution in [0.4, 0.5) is 13.2 Å². The fourth-order valence-electron chi connectivity index (χ4n) is 2.19. The number of rotatable bonds is 2. The van der Waals surface area contributed by atoms with Crippen LogP contribution in [-0.4, -0.2) is 12.4 Å². The lowest BCUT2D eigenvalue weighted by Crippen LogP contribution is -2.17. The highest BCUT2D eigenvalue weighted by atomic mass is 19.4. The fourth-order valence-corrected chi connectivity index (χ4v) is 2.19. The van der Waals surface area contributed by atoms with Crippen LogP contribution in [0.3, 0.4) is 0 Å². The lowest BCUT2D eigenvalue weighted by Gasteiger charge is -2.09. The zero-order chi connectivity index (χ0) is 12.8. The van der Waals surface area contributed by atoms with Crippen molar-refractivity contribution < 1.29 is 17.9 Å². The maximum Gasteiger partial charge on any atom is 0.573 e. The van der Waals surface area contributed by atoms with Gasteiger partial charge in [0, 0.05) is 12.0 Å². The predicted molar refractivity (Wildman–Crippen MR) is 57.6 cm³/mol. The normalized spacial score (nSPS) is 26.7. The van der Waals surface area contributed by atoms with Gasteiger partial charge in [0.2, 0.25) is 0 Å². The molecule has 1 aliphatic carbocycles. The minimum absolute atomic E-state index is 0.0202. The monoisotopic (exact) mass is 245 g/mol. The molecule has 1 aliphatic rings. The van der Waals surface area contributed by atoms with Crippen molar-refractivity contribution in [2.45, 2.75) is 32.2 Å². The van der Waals surface area contributed by atoms with E-state index in [0.29, 0.717) is 0 Å². The van der Waals surface area contributed by atoms with Crippen molar-refractivity contribution in [3.05, 3.63) is 29.8 Å². The van der Waals surface area contributed by atoms with Crippen LogP contribution < -0.4 is 10.5 Å². The number of hydrogen-bond donors (Lipinski definition) is 1. The average Bonchev–Trinajstić information content (AvgIpc) is 2.65. The molecule has 0 bridgehead atoms. The lowest BCUT2D eigenvalue weighted by molar-refractivity contribution is -0.274. The average molecular weight is 245 g/mol. The second-order valence-electron chi connectivity index (χ2n) is 4.94. The molecule has 1 saturated carbocycles. The first kappa shape index (κ1) is 12.2. The largest absolute Gasteiger partial charge is 0.573 e. The third-order valence-electron chi connectivity index (χ3n) is 3.38. The minimum Gasteiger partial charge on any atom is -0.406 e. The topological polar surface area (TPSA) is 35.2 Å². The van der Waals surface area contributed by atoms with E-state index < -0.39 is 6.36 Å². The zero-order valence-corrected chi connectivity index (χ0v) is 9.58. The summed E-state index contributed by atoms with van der Waals surface area (Å²) in [6, 6.07) is 5.99. The maximum atomic E-state index is 12.0. The second kappa shape index (κ2) is 3.63. The molecule has 17 heavy (non-hydrogen) atoms. The van der Waals surface area contributed by atoms with E-state index in [1.165, 1.54) is 12.1 Å². The van der Waals surface area contributed by atoms with Crippen LogP contribution in [-0.2, 0) is 0 Å². The van der Waals surface area contributed by atoms with Crippen LogP contribution in [0, 0.1) is 5.41 Å². The molecule has 2 atom stereocenters.